The fourth-order valence-electron chi connectivity index (χ4n) is 1.09. The maximum absolute atomic E-state index is 11.2. The molecule has 0 fully saturated rings. The summed E-state index contributed by atoms with van der Waals surface area (Å²) in [6.07, 6.45) is 6.37. The van der Waals surface area contributed by atoms with Gasteiger partial charge in [-0.25, -0.2) is 9.78 Å². The normalized spacial score (nSPS) is 10.2. The quantitative estimate of drug-likeness (QED) is 0.682. The fourth-order valence-corrected chi connectivity index (χ4v) is 1.09. The summed E-state index contributed by atoms with van der Waals surface area (Å²) < 4.78 is 6.41. The first kappa shape index (κ1) is 7.79. The van der Waals surface area contributed by atoms with E-state index < -0.39 is 0 Å². The first-order valence-electron chi connectivity index (χ1n) is 3.89. The van der Waals surface area contributed by atoms with Gasteiger partial charge in [0.2, 0.25) is 0 Å². The number of nitrogens with zero attached hydrogens (tertiary/aromatic N) is 2. The van der Waals surface area contributed by atoms with E-state index >= 15 is 0 Å². The summed E-state index contributed by atoms with van der Waals surface area (Å²) in [5.41, 5.74) is 0.707. The summed E-state index contributed by atoms with van der Waals surface area (Å²) >= 11 is 0. The van der Waals surface area contributed by atoms with Crippen LogP contribution in [0.5, 0.6) is 0 Å². The van der Waals surface area contributed by atoms with E-state index in [0.29, 0.717) is 6.54 Å². The van der Waals surface area contributed by atoms with Gasteiger partial charge >= 0.3 is 5.69 Å². The molecule has 4 heteroatoms. The molecule has 4 nitrogen and oxygen atoms in total. The van der Waals surface area contributed by atoms with Crippen LogP contribution in [-0.2, 0) is 6.54 Å². The van der Waals surface area contributed by atoms with Crippen molar-refractivity contribution in [1.29, 1.82) is 0 Å². The zero-order valence-corrected chi connectivity index (χ0v) is 6.88. The van der Waals surface area contributed by atoms with Crippen LogP contribution in [0.15, 0.2) is 46.3 Å². The largest absolute Gasteiger partial charge is 0.472 e. The van der Waals surface area contributed by atoms with E-state index in [1.165, 1.54) is 10.8 Å². The summed E-state index contributed by atoms with van der Waals surface area (Å²) in [7, 11) is 0. The molecule has 2 aromatic rings. The van der Waals surface area contributed by atoms with Gasteiger partial charge in [0.1, 0.15) is 0 Å². The van der Waals surface area contributed by atoms with Gasteiger partial charge in [-0.15, -0.1) is 0 Å². The topological polar surface area (TPSA) is 48.0 Å². The second kappa shape index (κ2) is 3.26. The van der Waals surface area contributed by atoms with Gasteiger partial charge in [-0.2, -0.15) is 0 Å². The summed E-state index contributed by atoms with van der Waals surface area (Å²) in [5.74, 6) is 0. The average molecular weight is 176 g/mol. The maximum Gasteiger partial charge on any atom is 0.347 e. The zero-order chi connectivity index (χ0) is 9.10. The molecule has 66 valence electrons. The highest BCUT2D eigenvalue weighted by Gasteiger charge is 1.97. The van der Waals surface area contributed by atoms with E-state index in [2.05, 4.69) is 4.98 Å². The van der Waals surface area contributed by atoms with Gasteiger partial charge in [-0.05, 0) is 12.1 Å². The molecular formula is C9H8N2O2. The molecule has 0 aliphatic heterocycles. The van der Waals surface area contributed by atoms with Crippen molar-refractivity contribution in [2.24, 2.45) is 0 Å². The summed E-state index contributed by atoms with van der Waals surface area (Å²) in [6.45, 7) is 0.503. The van der Waals surface area contributed by atoms with Crippen LogP contribution in [0.3, 0.4) is 0 Å². The molecule has 0 amide bonds. The second-order valence-electron chi connectivity index (χ2n) is 2.66. The molecule has 2 heterocycles. The molecule has 0 spiro atoms. The van der Waals surface area contributed by atoms with E-state index in [1.807, 2.05) is 6.07 Å². The Bertz CT molecular complexity index is 431. The fraction of sp³-hybridized carbons (Fsp3) is 0.111. The van der Waals surface area contributed by atoms with Crippen LogP contribution >= 0.6 is 0 Å². The van der Waals surface area contributed by atoms with Crippen molar-refractivity contribution in [3.8, 4) is 0 Å². The average Bonchev–Trinajstić information content (AvgIpc) is 2.61. The SMILES string of the molecule is O=c1ncccn1Cc1ccoc1. The Hall–Kier alpha value is -1.84. The molecule has 0 atom stereocenters. The van der Waals surface area contributed by atoms with Crippen molar-refractivity contribution in [3.63, 3.8) is 0 Å². The Kier molecular flexibility index (Phi) is 1.96. The van der Waals surface area contributed by atoms with Crippen molar-refractivity contribution < 1.29 is 4.42 Å². The minimum Gasteiger partial charge on any atom is -0.472 e. The maximum atomic E-state index is 11.2. The third-order valence-corrected chi connectivity index (χ3v) is 1.72. The van der Waals surface area contributed by atoms with Crippen LogP contribution in [-0.4, -0.2) is 9.55 Å². The number of hydrogen-bond donors (Lipinski definition) is 0. The smallest absolute Gasteiger partial charge is 0.347 e. The van der Waals surface area contributed by atoms with Crippen LogP contribution in [0.4, 0.5) is 0 Å². The third-order valence-electron chi connectivity index (χ3n) is 1.72. The highest BCUT2D eigenvalue weighted by Crippen LogP contribution is 2.00. The van der Waals surface area contributed by atoms with E-state index in [-0.39, 0.29) is 5.69 Å². The minimum atomic E-state index is -0.247. The van der Waals surface area contributed by atoms with Crippen LogP contribution in [0.25, 0.3) is 0 Å². The van der Waals surface area contributed by atoms with Crippen molar-refractivity contribution in [2.75, 3.05) is 0 Å². The zero-order valence-electron chi connectivity index (χ0n) is 6.88. The van der Waals surface area contributed by atoms with Gasteiger partial charge < -0.3 is 4.42 Å². The summed E-state index contributed by atoms with van der Waals surface area (Å²) in [4.78, 5) is 14.8. The Morgan fingerprint density at radius 3 is 3.15 bits per heavy atom. The van der Waals surface area contributed by atoms with E-state index in [0.717, 1.165) is 5.56 Å². The van der Waals surface area contributed by atoms with Crippen molar-refractivity contribution in [1.82, 2.24) is 9.55 Å². The van der Waals surface area contributed by atoms with E-state index in [1.54, 1.807) is 24.8 Å². The Morgan fingerprint density at radius 1 is 1.54 bits per heavy atom. The molecule has 2 rings (SSSR count). The third kappa shape index (κ3) is 1.66. The summed E-state index contributed by atoms with van der Waals surface area (Å²) in [5, 5.41) is 0. The first-order valence-corrected chi connectivity index (χ1v) is 3.89. The predicted molar refractivity (Wildman–Crippen MR) is 46.3 cm³/mol. The van der Waals surface area contributed by atoms with Gasteiger partial charge in [-0.1, -0.05) is 0 Å². The Labute approximate surface area is 74.5 Å². The molecular weight excluding hydrogens is 168 g/mol. The van der Waals surface area contributed by atoms with Gasteiger partial charge in [0.25, 0.3) is 0 Å². The van der Waals surface area contributed by atoms with Crippen molar-refractivity contribution >= 4 is 0 Å². The van der Waals surface area contributed by atoms with E-state index in [4.69, 9.17) is 4.42 Å². The lowest BCUT2D eigenvalue weighted by atomic mass is 10.3. The Morgan fingerprint density at radius 2 is 2.46 bits per heavy atom. The van der Waals surface area contributed by atoms with Crippen molar-refractivity contribution in [3.05, 3.63) is 53.1 Å². The lowest BCUT2D eigenvalue weighted by molar-refractivity contribution is 0.561. The number of hydrogen-bond acceptors (Lipinski definition) is 3. The van der Waals surface area contributed by atoms with Gasteiger partial charge in [-0.3, -0.25) is 4.57 Å². The molecule has 0 aromatic carbocycles. The highest BCUT2D eigenvalue weighted by molar-refractivity contribution is 5.05. The predicted octanol–water partition coefficient (Wildman–Crippen LogP) is 0.885. The van der Waals surface area contributed by atoms with E-state index in [9.17, 15) is 4.79 Å². The number of aromatic nitrogens is 2. The van der Waals surface area contributed by atoms with Crippen LogP contribution in [0, 0.1) is 0 Å². The molecule has 0 radical (unpaired) electrons. The van der Waals surface area contributed by atoms with Gasteiger partial charge in [0.15, 0.2) is 0 Å². The molecule has 0 aliphatic rings. The molecule has 0 saturated heterocycles. The lowest BCUT2D eigenvalue weighted by Gasteiger charge is -1.99. The van der Waals surface area contributed by atoms with Gasteiger partial charge in [0.05, 0.1) is 19.1 Å². The van der Waals surface area contributed by atoms with Crippen molar-refractivity contribution in [2.45, 2.75) is 6.54 Å². The number of rotatable bonds is 2. The molecule has 0 saturated carbocycles. The molecule has 0 aliphatic carbocycles. The molecule has 0 unspecified atom stereocenters. The lowest BCUT2D eigenvalue weighted by Crippen LogP contribution is -2.21. The molecule has 13 heavy (non-hydrogen) atoms. The second-order valence-corrected chi connectivity index (χ2v) is 2.66. The number of furan rings is 1. The molecule has 0 N–H and O–H groups in total. The first-order chi connectivity index (χ1) is 6.36. The highest BCUT2D eigenvalue weighted by atomic mass is 16.3. The van der Waals surface area contributed by atoms with Crippen LogP contribution in [0.2, 0.25) is 0 Å². The molecule has 0 bridgehead atoms. The van der Waals surface area contributed by atoms with Gasteiger partial charge in [0, 0.05) is 18.0 Å². The molecule has 2 aromatic heterocycles. The van der Waals surface area contributed by atoms with Crippen LogP contribution in [0.1, 0.15) is 5.56 Å². The van der Waals surface area contributed by atoms with Crippen LogP contribution < -0.4 is 5.69 Å². The standard InChI is InChI=1S/C9H8N2O2/c12-9-10-3-1-4-11(9)6-8-2-5-13-7-8/h1-5,7H,6H2. The Balaban J connectivity index is 2.29. The monoisotopic (exact) mass is 176 g/mol. The minimum absolute atomic E-state index is 0.247. The summed E-state index contributed by atoms with van der Waals surface area (Å²) in [6, 6.07) is 3.54.